The first kappa shape index (κ1) is 14.6. The molecule has 0 aliphatic carbocycles. The van der Waals surface area contributed by atoms with Crippen LogP contribution in [0.2, 0.25) is 0 Å². The Bertz CT molecular complexity index is 465. The molecule has 2 atom stereocenters. The normalized spacial score (nSPS) is 13.9. The molecule has 1 heterocycles. The fourth-order valence-electron chi connectivity index (χ4n) is 1.47. The number of rotatable bonds is 6. The van der Waals surface area contributed by atoms with Crippen molar-refractivity contribution in [3.8, 4) is 0 Å². The van der Waals surface area contributed by atoms with E-state index in [-0.39, 0.29) is 16.8 Å². The predicted molar refractivity (Wildman–Crippen MR) is 72.3 cm³/mol. The van der Waals surface area contributed by atoms with Crippen molar-refractivity contribution in [1.82, 2.24) is 4.98 Å². The molecule has 0 aliphatic heterocycles. The van der Waals surface area contributed by atoms with Gasteiger partial charge in [0.1, 0.15) is 0 Å². The molecule has 0 saturated heterocycles. The van der Waals surface area contributed by atoms with Crippen molar-refractivity contribution in [2.24, 2.45) is 0 Å². The lowest BCUT2D eigenvalue weighted by molar-refractivity contribution is -0.384. The van der Waals surface area contributed by atoms with Gasteiger partial charge in [0.15, 0.2) is 0 Å². The topological polar surface area (TPSA) is 85.1 Å². The molecule has 2 unspecified atom stereocenters. The number of aromatic nitrogens is 1. The average molecular weight is 271 g/mol. The van der Waals surface area contributed by atoms with Crippen molar-refractivity contribution in [3.63, 3.8) is 0 Å². The maximum absolute atomic E-state index is 11.2. The minimum absolute atomic E-state index is 0.00257. The van der Waals surface area contributed by atoms with E-state index < -0.39 is 15.7 Å². The van der Waals surface area contributed by atoms with Gasteiger partial charge in [0, 0.05) is 40.6 Å². The number of nitrogens with one attached hydrogen (secondary N) is 1. The van der Waals surface area contributed by atoms with Gasteiger partial charge in [-0.15, -0.1) is 0 Å². The Labute approximate surface area is 108 Å². The van der Waals surface area contributed by atoms with Crippen LogP contribution in [0.5, 0.6) is 0 Å². The third kappa shape index (κ3) is 3.76. The number of nitro groups is 1. The molecule has 0 radical (unpaired) electrons. The molecule has 6 nitrogen and oxygen atoms in total. The second-order valence-electron chi connectivity index (χ2n) is 4.11. The molecule has 0 fully saturated rings. The minimum Gasteiger partial charge on any atom is -0.364 e. The largest absolute Gasteiger partial charge is 0.364 e. The van der Waals surface area contributed by atoms with Crippen molar-refractivity contribution in [3.05, 3.63) is 27.9 Å². The van der Waals surface area contributed by atoms with Crippen LogP contribution in [0, 0.1) is 17.0 Å². The van der Waals surface area contributed by atoms with E-state index >= 15 is 0 Å². The molecule has 1 aromatic rings. The molecule has 0 saturated carbocycles. The lowest BCUT2D eigenvalue weighted by Gasteiger charge is -2.10. The molecule has 0 spiro atoms. The molecule has 1 N–H and O–H groups in total. The Morgan fingerprint density at radius 2 is 2.28 bits per heavy atom. The van der Waals surface area contributed by atoms with Gasteiger partial charge in [-0.2, -0.15) is 0 Å². The van der Waals surface area contributed by atoms with Crippen LogP contribution < -0.4 is 5.32 Å². The fraction of sp³-hybridized carbons (Fsp3) is 0.545. The van der Waals surface area contributed by atoms with Crippen LogP contribution in [-0.4, -0.2) is 32.2 Å². The highest BCUT2D eigenvalue weighted by molar-refractivity contribution is 7.84. The first-order valence-corrected chi connectivity index (χ1v) is 7.21. The summed E-state index contributed by atoms with van der Waals surface area (Å²) < 4.78 is 11.2. The highest BCUT2D eigenvalue weighted by Crippen LogP contribution is 2.25. The van der Waals surface area contributed by atoms with Crippen LogP contribution in [0.3, 0.4) is 0 Å². The van der Waals surface area contributed by atoms with Crippen LogP contribution in [0.15, 0.2) is 12.3 Å². The maximum Gasteiger partial charge on any atom is 0.314 e. The van der Waals surface area contributed by atoms with Gasteiger partial charge in [-0.05, 0) is 19.4 Å². The SMILES string of the molecule is Cc1ccnc(NCCC(C)S(C)=O)c1[N+](=O)[O-]. The second-order valence-corrected chi connectivity index (χ2v) is 5.91. The van der Waals surface area contributed by atoms with Crippen molar-refractivity contribution < 1.29 is 9.13 Å². The Kier molecular flexibility index (Phi) is 5.21. The van der Waals surface area contributed by atoms with Gasteiger partial charge in [0.05, 0.1) is 4.92 Å². The lowest BCUT2D eigenvalue weighted by atomic mass is 10.2. The van der Waals surface area contributed by atoms with E-state index in [1.165, 1.54) is 6.20 Å². The van der Waals surface area contributed by atoms with E-state index in [1.54, 1.807) is 19.2 Å². The first-order chi connectivity index (χ1) is 8.43. The van der Waals surface area contributed by atoms with E-state index in [2.05, 4.69) is 10.3 Å². The molecule has 7 heteroatoms. The van der Waals surface area contributed by atoms with Crippen LogP contribution in [0.25, 0.3) is 0 Å². The fourth-order valence-corrected chi connectivity index (χ4v) is 1.92. The second kappa shape index (κ2) is 6.44. The molecule has 18 heavy (non-hydrogen) atoms. The molecule has 0 amide bonds. The highest BCUT2D eigenvalue weighted by Gasteiger charge is 2.18. The van der Waals surface area contributed by atoms with Crippen LogP contribution in [0.1, 0.15) is 18.9 Å². The van der Waals surface area contributed by atoms with E-state index in [0.717, 1.165) is 0 Å². The monoisotopic (exact) mass is 271 g/mol. The van der Waals surface area contributed by atoms with Crippen LogP contribution in [0.4, 0.5) is 11.5 Å². The summed E-state index contributed by atoms with van der Waals surface area (Å²) in [7, 11) is -0.881. The number of anilines is 1. The van der Waals surface area contributed by atoms with Crippen molar-refractivity contribution in [2.75, 3.05) is 18.1 Å². The Morgan fingerprint density at radius 1 is 1.61 bits per heavy atom. The van der Waals surface area contributed by atoms with Crippen molar-refractivity contribution in [1.29, 1.82) is 0 Å². The van der Waals surface area contributed by atoms with Crippen LogP contribution in [-0.2, 0) is 10.8 Å². The number of aryl methyl sites for hydroxylation is 1. The van der Waals surface area contributed by atoms with Crippen molar-refractivity contribution in [2.45, 2.75) is 25.5 Å². The van der Waals surface area contributed by atoms with E-state index in [9.17, 15) is 14.3 Å². The van der Waals surface area contributed by atoms with Gasteiger partial charge in [0.25, 0.3) is 0 Å². The van der Waals surface area contributed by atoms with Crippen LogP contribution >= 0.6 is 0 Å². The summed E-state index contributed by atoms with van der Waals surface area (Å²) in [4.78, 5) is 14.5. The summed E-state index contributed by atoms with van der Waals surface area (Å²) >= 11 is 0. The Morgan fingerprint density at radius 3 is 2.83 bits per heavy atom. The first-order valence-electron chi connectivity index (χ1n) is 5.59. The molecule has 0 aliphatic rings. The summed E-state index contributed by atoms with van der Waals surface area (Å²) in [6.45, 7) is 4.07. The van der Waals surface area contributed by atoms with E-state index in [1.807, 2.05) is 6.92 Å². The Balaban J connectivity index is 2.71. The molecule has 1 aromatic heterocycles. The third-order valence-electron chi connectivity index (χ3n) is 2.72. The van der Waals surface area contributed by atoms with Gasteiger partial charge in [-0.1, -0.05) is 6.92 Å². The minimum atomic E-state index is -0.881. The number of hydrogen-bond acceptors (Lipinski definition) is 5. The quantitative estimate of drug-likeness (QED) is 0.630. The zero-order chi connectivity index (χ0) is 13.7. The zero-order valence-electron chi connectivity index (χ0n) is 10.7. The summed E-state index contributed by atoms with van der Waals surface area (Å²) in [6, 6.07) is 1.60. The van der Waals surface area contributed by atoms with Gasteiger partial charge < -0.3 is 5.32 Å². The summed E-state index contributed by atoms with van der Waals surface area (Å²) in [5, 5.41) is 13.9. The average Bonchev–Trinajstić information content (AvgIpc) is 2.28. The molecule has 0 aromatic carbocycles. The smallest absolute Gasteiger partial charge is 0.314 e. The Hall–Kier alpha value is -1.50. The van der Waals surface area contributed by atoms with Gasteiger partial charge >= 0.3 is 5.69 Å². The molecular formula is C11H17N3O3S. The molecule has 100 valence electrons. The molecular weight excluding hydrogens is 254 g/mol. The molecule has 0 bridgehead atoms. The summed E-state index contributed by atoms with van der Waals surface area (Å²) in [5.41, 5.74) is 0.576. The van der Waals surface area contributed by atoms with Gasteiger partial charge in [-0.3, -0.25) is 14.3 Å². The van der Waals surface area contributed by atoms with E-state index in [0.29, 0.717) is 18.5 Å². The third-order valence-corrected chi connectivity index (χ3v) is 4.09. The number of pyridine rings is 1. The number of hydrogen-bond donors (Lipinski definition) is 1. The summed E-state index contributed by atoms with van der Waals surface area (Å²) in [6.07, 6.45) is 3.86. The van der Waals surface area contributed by atoms with Crippen molar-refractivity contribution >= 4 is 22.3 Å². The van der Waals surface area contributed by atoms with Gasteiger partial charge in [0.2, 0.25) is 5.82 Å². The highest BCUT2D eigenvalue weighted by atomic mass is 32.2. The standard InChI is InChI=1S/C11H17N3O3S/c1-8-4-6-12-11(10(8)14(15)16)13-7-5-9(2)18(3)17/h4,6,9H,5,7H2,1-3H3,(H,12,13). The molecule has 1 rings (SSSR count). The zero-order valence-corrected chi connectivity index (χ0v) is 11.5. The van der Waals surface area contributed by atoms with E-state index in [4.69, 9.17) is 0 Å². The predicted octanol–water partition coefficient (Wildman–Crippen LogP) is 1.87. The number of nitrogens with zero attached hydrogens (tertiary/aromatic N) is 2. The lowest BCUT2D eigenvalue weighted by Crippen LogP contribution is -2.16. The summed E-state index contributed by atoms with van der Waals surface area (Å²) in [5.74, 6) is 0.272. The maximum atomic E-state index is 11.2. The van der Waals surface area contributed by atoms with Gasteiger partial charge in [-0.25, -0.2) is 4.98 Å².